The van der Waals surface area contributed by atoms with Gasteiger partial charge in [0.25, 0.3) is 0 Å². The Kier molecular flexibility index (Phi) is 6.00. The van der Waals surface area contributed by atoms with Gasteiger partial charge in [0.05, 0.1) is 9.85 Å². The van der Waals surface area contributed by atoms with E-state index >= 15 is 0 Å². The molecule has 0 bridgehead atoms. The topological polar surface area (TPSA) is 105 Å². The van der Waals surface area contributed by atoms with Crippen molar-refractivity contribution in [2.24, 2.45) is 0 Å². The number of nitro groups is 2. The second kappa shape index (κ2) is 8.65. The summed E-state index contributed by atoms with van der Waals surface area (Å²) in [5.41, 5.74) is -1.87. The molecule has 0 amide bonds. The van der Waals surface area contributed by atoms with Gasteiger partial charge in [0.1, 0.15) is 12.4 Å². The largest absolute Gasteiger partial charge is 0.482 e. The summed E-state index contributed by atoms with van der Waals surface area (Å²) < 4.78 is 65.9. The molecule has 0 N–H and O–H groups in total. The molecular formula is C19H10F4N2O6. The second-order valence-electron chi connectivity index (χ2n) is 5.95. The van der Waals surface area contributed by atoms with Gasteiger partial charge < -0.3 is 9.47 Å². The minimum atomic E-state index is -2.26. The number of hydrogen-bond acceptors (Lipinski definition) is 6. The summed E-state index contributed by atoms with van der Waals surface area (Å²) in [6, 6.07) is 11.2. The Hall–Kier alpha value is -4.22. The lowest BCUT2D eigenvalue weighted by atomic mass is 10.2. The van der Waals surface area contributed by atoms with E-state index in [9.17, 15) is 37.8 Å². The molecule has 3 aromatic carbocycles. The first-order valence-corrected chi connectivity index (χ1v) is 8.34. The molecule has 0 aliphatic carbocycles. The van der Waals surface area contributed by atoms with Gasteiger partial charge in [0, 0.05) is 12.1 Å². The van der Waals surface area contributed by atoms with Crippen LogP contribution in [0, 0.1) is 43.5 Å². The zero-order valence-corrected chi connectivity index (χ0v) is 15.2. The van der Waals surface area contributed by atoms with Crippen molar-refractivity contribution in [3.63, 3.8) is 0 Å². The van der Waals surface area contributed by atoms with Gasteiger partial charge in [0.2, 0.25) is 34.8 Å². The zero-order chi connectivity index (χ0) is 22.7. The summed E-state index contributed by atoms with van der Waals surface area (Å²) in [5.74, 6) is -11.2. The summed E-state index contributed by atoms with van der Waals surface area (Å²) in [4.78, 5) is 19.4. The summed E-state index contributed by atoms with van der Waals surface area (Å²) in [7, 11) is 0. The fraction of sp³-hybridized carbons (Fsp3) is 0.0526. The third-order valence-electron chi connectivity index (χ3n) is 3.97. The van der Waals surface area contributed by atoms with Crippen LogP contribution in [-0.4, -0.2) is 9.85 Å². The van der Waals surface area contributed by atoms with Crippen LogP contribution < -0.4 is 9.47 Å². The molecule has 0 aliphatic heterocycles. The SMILES string of the molecule is O=[N+]([O-])c1ccc(Oc2c(F)c(F)c([N+](=O)[O-])c(F)c2F)cc1OCc1ccccc1. The molecule has 0 atom stereocenters. The van der Waals surface area contributed by atoms with Crippen LogP contribution in [0.2, 0.25) is 0 Å². The first kappa shape index (κ1) is 21.5. The van der Waals surface area contributed by atoms with E-state index < -0.39 is 56.0 Å². The van der Waals surface area contributed by atoms with Gasteiger partial charge in [-0.1, -0.05) is 30.3 Å². The summed E-state index contributed by atoms with van der Waals surface area (Å²) >= 11 is 0. The van der Waals surface area contributed by atoms with Crippen LogP contribution >= 0.6 is 0 Å². The van der Waals surface area contributed by atoms with E-state index in [4.69, 9.17) is 9.47 Å². The molecular weight excluding hydrogens is 428 g/mol. The van der Waals surface area contributed by atoms with Crippen molar-refractivity contribution in [3.05, 3.63) is 97.6 Å². The first-order valence-electron chi connectivity index (χ1n) is 8.34. The number of benzene rings is 3. The standard InChI is InChI=1S/C19H10F4N2O6/c20-14-16(22)19(17(23)15(21)18(14)25(28)29)31-11-6-7-12(24(26)27)13(8-11)30-9-10-4-2-1-3-5-10/h1-8H,9H2. The van der Waals surface area contributed by atoms with Crippen LogP contribution in [0.15, 0.2) is 48.5 Å². The molecule has 160 valence electrons. The monoisotopic (exact) mass is 438 g/mol. The highest BCUT2D eigenvalue weighted by molar-refractivity contribution is 5.52. The molecule has 0 saturated heterocycles. The molecule has 0 radical (unpaired) electrons. The molecule has 0 spiro atoms. The molecule has 0 aliphatic rings. The van der Waals surface area contributed by atoms with Crippen molar-refractivity contribution in [1.82, 2.24) is 0 Å². The smallest absolute Gasteiger partial charge is 0.346 e. The maximum absolute atomic E-state index is 14.1. The number of hydrogen-bond donors (Lipinski definition) is 0. The van der Waals surface area contributed by atoms with Gasteiger partial charge in [-0.25, -0.2) is 0 Å². The van der Waals surface area contributed by atoms with E-state index in [1.165, 1.54) is 0 Å². The van der Waals surface area contributed by atoms with Crippen molar-refractivity contribution < 1.29 is 36.9 Å². The van der Waals surface area contributed by atoms with E-state index in [0.29, 0.717) is 5.56 Å². The van der Waals surface area contributed by atoms with E-state index in [-0.39, 0.29) is 12.4 Å². The molecule has 0 aromatic heterocycles. The third kappa shape index (κ3) is 4.37. The second-order valence-corrected chi connectivity index (χ2v) is 5.95. The Morgan fingerprint density at radius 2 is 1.42 bits per heavy atom. The van der Waals surface area contributed by atoms with Crippen LogP contribution in [0.5, 0.6) is 17.2 Å². The fourth-order valence-electron chi connectivity index (χ4n) is 2.53. The minimum absolute atomic E-state index is 0.103. The van der Waals surface area contributed by atoms with Crippen LogP contribution in [0.4, 0.5) is 28.9 Å². The summed E-state index contributed by atoms with van der Waals surface area (Å²) in [6.07, 6.45) is 0. The van der Waals surface area contributed by atoms with E-state index in [1.54, 1.807) is 30.3 Å². The highest BCUT2D eigenvalue weighted by Gasteiger charge is 2.34. The minimum Gasteiger partial charge on any atom is -0.482 e. The lowest BCUT2D eigenvalue weighted by Crippen LogP contribution is -2.06. The molecule has 8 nitrogen and oxygen atoms in total. The van der Waals surface area contributed by atoms with Gasteiger partial charge >= 0.3 is 11.4 Å². The maximum atomic E-state index is 14.1. The van der Waals surface area contributed by atoms with Gasteiger partial charge in [-0.15, -0.1) is 0 Å². The molecule has 3 rings (SSSR count). The van der Waals surface area contributed by atoms with E-state index in [0.717, 1.165) is 18.2 Å². The molecule has 0 unspecified atom stereocenters. The van der Waals surface area contributed by atoms with Crippen molar-refractivity contribution in [1.29, 1.82) is 0 Å². The molecule has 12 heteroatoms. The average molecular weight is 438 g/mol. The average Bonchev–Trinajstić information content (AvgIpc) is 2.74. The highest BCUT2D eigenvalue weighted by Crippen LogP contribution is 2.39. The highest BCUT2D eigenvalue weighted by atomic mass is 19.2. The van der Waals surface area contributed by atoms with Crippen LogP contribution in [0.25, 0.3) is 0 Å². The molecule has 0 fully saturated rings. The summed E-state index contributed by atoms with van der Waals surface area (Å²) in [6.45, 7) is -0.103. The number of nitro benzene ring substituents is 2. The third-order valence-corrected chi connectivity index (χ3v) is 3.97. The number of halogens is 4. The zero-order valence-electron chi connectivity index (χ0n) is 15.2. The van der Waals surface area contributed by atoms with Crippen LogP contribution in [-0.2, 0) is 6.61 Å². The Morgan fingerprint density at radius 3 is 1.97 bits per heavy atom. The predicted octanol–water partition coefficient (Wildman–Crippen LogP) is 5.43. The number of rotatable bonds is 7. The van der Waals surface area contributed by atoms with Crippen molar-refractivity contribution in [2.45, 2.75) is 6.61 Å². The van der Waals surface area contributed by atoms with Crippen molar-refractivity contribution in [3.8, 4) is 17.2 Å². The fourth-order valence-corrected chi connectivity index (χ4v) is 2.53. The number of nitrogens with zero attached hydrogens (tertiary/aromatic N) is 2. The van der Waals surface area contributed by atoms with Crippen LogP contribution in [0.1, 0.15) is 5.56 Å². The first-order chi connectivity index (χ1) is 14.7. The maximum Gasteiger partial charge on any atom is 0.346 e. The normalized spacial score (nSPS) is 10.6. The van der Waals surface area contributed by atoms with E-state index in [1.807, 2.05) is 0 Å². The van der Waals surface area contributed by atoms with E-state index in [2.05, 4.69) is 0 Å². The predicted molar refractivity (Wildman–Crippen MR) is 96.9 cm³/mol. The molecule has 0 heterocycles. The Balaban J connectivity index is 1.97. The molecule has 0 saturated carbocycles. The van der Waals surface area contributed by atoms with Crippen LogP contribution in [0.3, 0.4) is 0 Å². The lowest BCUT2D eigenvalue weighted by Gasteiger charge is -2.12. The summed E-state index contributed by atoms with van der Waals surface area (Å²) in [5, 5.41) is 21.8. The Bertz CT molecular complexity index is 1140. The molecule has 3 aromatic rings. The van der Waals surface area contributed by atoms with Gasteiger partial charge in [-0.05, 0) is 11.6 Å². The quantitative estimate of drug-likeness (QED) is 0.211. The lowest BCUT2D eigenvalue weighted by molar-refractivity contribution is -0.390. The molecule has 31 heavy (non-hydrogen) atoms. The Labute approximate surface area is 170 Å². The van der Waals surface area contributed by atoms with Gasteiger partial charge in [-0.3, -0.25) is 20.2 Å². The van der Waals surface area contributed by atoms with Crippen molar-refractivity contribution in [2.75, 3.05) is 0 Å². The van der Waals surface area contributed by atoms with Gasteiger partial charge in [0.15, 0.2) is 0 Å². The number of ether oxygens (including phenoxy) is 2. The Morgan fingerprint density at radius 1 is 0.806 bits per heavy atom. The van der Waals surface area contributed by atoms with Crippen molar-refractivity contribution >= 4 is 11.4 Å². The van der Waals surface area contributed by atoms with Gasteiger partial charge in [-0.2, -0.15) is 17.6 Å².